The number of aliphatic carboxylic acids is 1. The van der Waals surface area contributed by atoms with E-state index in [0.717, 1.165) is 41.2 Å². The van der Waals surface area contributed by atoms with Crippen LogP contribution in [0.3, 0.4) is 0 Å². The molecule has 1 aliphatic carbocycles. The van der Waals surface area contributed by atoms with E-state index >= 15 is 0 Å². The maximum Gasteiger partial charge on any atom is 0.306 e. The molecule has 0 spiro atoms. The van der Waals surface area contributed by atoms with Gasteiger partial charge in [-0.15, -0.1) is 5.10 Å². The first-order valence-electron chi connectivity index (χ1n) is 13.3. The summed E-state index contributed by atoms with van der Waals surface area (Å²) < 4.78 is 13.2. The third-order valence-electron chi connectivity index (χ3n) is 7.13. The lowest BCUT2D eigenvalue weighted by Crippen LogP contribution is -2.29. The lowest BCUT2D eigenvalue weighted by molar-refractivity contribution is -0.143. The molecule has 1 saturated carbocycles. The molecule has 0 saturated heterocycles. The van der Waals surface area contributed by atoms with Crippen molar-refractivity contribution in [2.24, 2.45) is 13.0 Å². The van der Waals surface area contributed by atoms with Gasteiger partial charge in [0.15, 0.2) is 0 Å². The fourth-order valence-electron chi connectivity index (χ4n) is 4.98. The number of anilines is 1. The highest BCUT2D eigenvalue weighted by Crippen LogP contribution is 2.31. The van der Waals surface area contributed by atoms with Gasteiger partial charge in [-0.05, 0) is 69.9 Å². The van der Waals surface area contributed by atoms with E-state index in [0.29, 0.717) is 48.2 Å². The van der Waals surface area contributed by atoms with E-state index in [4.69, 9.17) is 19.4 Å². The van der Waals surface area contributed by atoms with Crippen molar-refractivity contribution in [1.29, 1.82) is 0 Å². The van der Waals surface area contributed by atoms with Crippen LogP contribution in [0.15, 0.2) is 42.5 Å². The van der Waals surface area contributed by atoms with Crippen LogP contribution in [0.4, 0.5) is 5.95 Å². The van der Waals surface area contributed by atoms with Crippen molar-refractivity contribution in [3.8, 4) is 34.1 Å². The second-order valence-corrected chi connectivity index (χ2v) is 10.0. The molecule has 0 unspecified atom stereocenters. The molecule has 1 aliphatic rings. The molecule has 2 N–H and O–H groups in total. The van der Waals surface area contributed by atoms with Crippen molar-refractivity contribution in [2.45, 2.75) is 52.2 Å². The molecule has 1 aromatic carbocycles. The van der Waals surface area contributed by atoms with Gasteiger partial charge < -0.3 is 19.9 Å². The van der Waals surface area contributed by atoms with Gasteiger partial charge in [-0.3, -0.25) is 4.79 Å². The number of rotatable bonds is 9. The second-order valence-electron chi connectivity index (χ2n) is 10.0. The number of carboxylic acid groups (broad SMARTS) is 1. The van der Waals surface area contributed by atoms with Crippen molar-refractivity contribution < 1.29 is 19.4 Å². The van der Waals surface area contributed by atoms with E-state index in [-0.39, 0.29) is 12.0 Å². The van der Waals surface area contributed by atoms with Crippen LogP contribution in [0.25, 0.3) is 22.6 Å². The van der Waals surface area contributed by atoms with Crippen molar-refractivity contribution in [1.82, 2.24) is 29.9 Å². The zero-order chi connectivity index (χ0) is 28.2. The third-order valence-corrected chi connectivity index (χ3v) is 7.13. The summed E-state index contributed by atoms with van der Waals surface area (Å²) in [6, 6.07) is 13.4. The number of pyridine rings is 1. The average Bonchev–Trinajstić information content (AvgIpc) is 3.32. The van der Waals surface area contributed by atoms with Crippen LogP contribution in [0.5, 0.6) is 11.5 Å². The Kier molecular flexibility index (Phi) is 7.90. The molecule has 2 atom stereocenters. The Hall–Kier alpha value is -4.54. The molecule has 0 aliphatic heterocycles. The van der Waals surface area contributed by atoms with E-state index in [1.54, 1.807) is 11.8 Å². The third kappa shape index (κ3) is 6.03. The zero-order valence-corrected chi connectivity index (χ0v) is 23.1. The highest BCUT2D eigenvalue weighted by molar-refractivity contribution is 5.70. The quantitative estimate of drug-likeness (QED) is 0.308. The Morgan fingerprint density at radius 1 is 1.10 bits per heavy atom. The summed E-state index contributed by atoms with van der Waals surface area (Å²) in [5.41, 5.74) is 5.41. The van der Waals surface area contributed by atoms with Crippen LogP contribution in [0.1, 0.15) is 42.8 Å². The normalized spacial score (nSPS) is 16.9. The van der Waals surface area contributed by atoms with Crippen molar-refractivity contribution in [3.63, 3.8) is 0 Å². The molecular weight excluding hydrogens is 510 g/mol. The Bertz CT molecular complexity index is 1520. The lowest BCUT2D eigenvalue weighted by Gasteiger charge is -2.27. The minimum Gasteiger partial charge on any atom is -0.497 e. The SMILES string of the molecule is COc1cccc(-c2cc(C)nc(NCc3c(-c4ccc(O[C@H]5CCC[C@H](C(=O)O)C5)c(C)n4)nnn3C)n2)c1. The van der Waals surface area contributed by atoms with Crippen LogP contribution in [0, 0.1) is 19.8 Å². The van der Waals surface area contributed by atoms with Gasteiger partial charge in [0.05, 0.1) is 48.5 Å². The number of aryl methyl sites for hydroxylation is 3. The summed E-state index contributed by atoms with van der Waals surface area (Å²) in [4.78, 5) is 25.4. The van der Waals surface area contributed by atoms with Gasteiger partial charge in [-0.2, -0.15) is 0 Å². The first-order chi connectivity index (χ1) is 19.3. The minimum atomic E-state index is -0.755. The molecule has 4 aromatic rings. The number of aromatic nitrogens is 6. The van der Waals surface area contributed by atoms with E-state index < -0.39 is 5.97 Å². The number of carboxylic acids is 1. The smallest absolute Gasteiger partial charge is 0.306 e. The van der Waals surface area contributed by atoms with Gasteiger partial charge in [0.1, 0.15) is 17.2 Å². The first kappa shape index (κ1) is 27.0. The summed E-state index contributed by atoms with van der Waals surface area (Å²) in [6.07, 6.45) is 2.76. The van der Waals surface area contributed by atoms with Crippen LogP contribution in [0.2, 0.25) is 0 Å². The Morgan fingerprint density at radius 2 is 1.95 bits per heavy atom. The molecule has 0 bridgehead atoms. The number of nitrogens with one attached hydrogen (secondary N) is 1. The predicted molar refractivity (Wildman–Crippen MR) is 149 cm³/mol. The molecule has 1 fully saturated rings. The van der Waals surface area contributed by atoms with E-state index in [9.17, 15) is 9.90 Å². The van der Waals surface area contributed by atoms with E-state index in [1.165, 1.54) is 0 Å². The summed E-state index contributed by atoms with van der Waals surface area (Å²) in [6.45, 7) is 4.20. The molecule has 0 amide bonds. The molecule has 11 heteroatoms. The highest BCUT2D eigenvalue weighted by Gasteiger charge is 2.28. The molecule has 208 valence electrons. The van der Waals surface area contributed by atoms with Gasteiger partial charge in [0, 0.05) is 18.3 Å². The monoisotopic (exact) mass is 543 g/mol. The molecule has 40 heavy (non-hydrogen) atoms. The number of carbonyl (C=O) groups is 1. The van der Waals surface area contributed by atoms with Gasteiger partial charge in [0.2, 0.25) is 5.95 Å². The molecule has 3 aromatic heterocycles. The van der Waals surface area contributed by atoms with Crippen LogP contribution >= 0.6 is 0 Å². The van der Waals surface area contributed by atoms with Crippen molar-refractivity contribution in [3.05, 3.63) is 59.5 Å². The van der Waals surface area contributed by atoms with Crippen LogP contribution in [-0.4, -0.2) is 54.2 Å². The van der Waals surface area contributed by atoms with Crippen LogP contribution < -0.4 is 14.8 Å². The predicted octanol–water partition coefficient (Wildman–Crippen LogP) is 4.59. The highest BCUT2D eigenvalue weighted by atomic mass is 16.5. The Morgan fingerprint density at radius 3 is 2.73 bits per heavy atom. The number of benzene rings is 1. The summed E-state index contributed by atoms with van der Waals surface area (Å²) in [5, 5.41) is 21.3. The maximum absolute atomic E-state index is 11.4. The largest absolute Gasteiger partial charge is 0.497 e. The van der Waals surface area contributed by atoms with E-state index in [2.05, 4.69) is 20.6 Å². The minimum absolute atomic E-state index is 0.131. The number of ether oxygens (including phenoxy) is 2. The van der Waals surface area contributed by atoms with Gasteiger partial charge in [-0.25, -0.2) is 19.6 Å². The summed E-state index contributed by atoms with van der Waals surface area (Å²) >= 11 is 0. The number of hydrogen-bond acceptors (Lipinski definition) is 9. The summed E-state index contributed by atoms with van der Waals surface area (Å²) in [7, 11) is 3.47. The first-order valence-corrected chi connectivity index (χ1v) is 13.3. The standard InChI is InChI=1S/C29H33N7O4/c1-17-13-24(19-7-5-9-21(14-19)39-4)33-29(31-17)30-16-25-27(34-35-36(25)3)23-11-12-26(18(2)32-23)40-22-10-6-8-20(15-22)28(37)38/h5,7,9,11-14,20,22H,6,8,10,15-16H2,1-4H3,(H,37,38)(H,30,31,33)/t20-,22-/m0/s1. The van der Waals surface area contributed by atoms with Gasteiger partial charge in [-0.1, -0.05) is 17.3 Å². The number of nitrogens with zero attached hydrogens (tertiary/aromatic N) is 6. The number of methoxy groups -OCH3 is 1. The Labute approximate surface area is 232 Å². The van der Waals surface area contributed by atoms with Crippen molar-refractivity contribution >= 4 is 11.9 Å². The van der Waals surface area contributed by atoms with Gasteiger partial charge >= 0.3 is 5.97 Å². The zero-order valence-electron chi connectivity index (χ0n) is 23.1. The summed E-state index contributed by atoms with van der Waals surface area (Å²) in [5.74, 6) is 0.794. The van der Waals surface area contributed by atoms with E-state index in [1.807, 2.05) is 63.4 Å². The number of hydrogen-bond donors (Lipinski definition) is 2. The second kappa shape index (κ2) is 11.7. The maximum atomic E-state index is 11.4. The molecule has 0 radical (unpaired) electrons. The molecule has 5 rings (SSSR count). The topological polar surface area (TPSA) is 137 Å². The lowest BCUT2D eigenvalue weighted by atomic mass is 9.87. The Balaban J connectivity index is 1.32. The molecule has 11 nitrogen and oxygen atoms in total. The fourth-order valence-corrected chi connectivity index (χ4v) is 4.98. The van der Waals surface area contributed by atoms with Crippen molar-refractivity contribution in [2.75, 3.05) is 12.4 Å². The molecular formula is C29H33N7O4. The fraction of sp³-hybridized carbons (Fsp3) is 0.379. The molecule has 3 heterocycles. The van der Waals surface area contributed by atoms with Gasteiger partial charge in [0.25, 0.3) is 0 Å². The average molecular weight is 544 g/mol. The van der Waals surface area contributed by atoms with Crippen LogP contribution in [-0.2, 0) is 18.4 Å².